The van der Waals surface area contributed by atoms with E-state index in [1.165, 1.54) is 0 Å². The van der Waals surface area contributed by atoms with Gasteiger partial charge in [-0.05, 0) is 61.8 Å². The van der Waals surface area contributed by atoms with Crippen molar-refractivity contribution in [2.75, 3.05) is 33.2 Å². The molecule has 1 unspecified atom stereocenters. The smallest absolute Gasteiger partial charge is 0.253 e. The van der Waals surface area contributed by atoms with Gasteiger partial charge in [0.2, 0.25) is 0 Å². The lowest BCUT2D eigenvalue weighted by Crippen LogP contribution is -2.34. The molecule has 0 bridgehead atoms. The summed E-state index contributed by atoms with van der Waals surface area (Å²) in [6.07, 6.45) is 0.536. The molecule has 2 aromatic carbocycles. The van der Waals surface area contributed by atoms with E-state index in [0.29, 0.717) is 0 Å². The number of amides is 1. The number of carbonyl (C=O) groups excluding carboxylic acids is 1. The Morgan fingerprint density at radius 2 is 1.76 bits per heavy atom. The second-order valence-electron chi connectivity index (χ2n) is 6.83. The molecule has 1 heterocycles. The van der Waals surface area contributed by atoms with Crippen LogP contribution in [-0.4, -0.2) is 54.0 Å². The first-order chi connectivity index (χ1) is 12.0. The molecule has 1 fully saturated rings. The number of carbonyl (C=O) groups is 1. The summed E-state index contributed by atoms with van der Waals surface area (Å²) in [7, 11) is 2.10. The summed E-state index contributed by atoms with van der Waals surface area (Å²) >= 11 is 0. The molecule has 0 aromatic heterocycles. The van der Waals surface area contributed by atoms with Crippen LogP contribution in [-0.2, 0) is 0 Å². The Morgan fingerprint density at radius 3 is 2.48 bits per heavy atom. The van der Waals surface area contributed by atoms with Crippen LogP contribution in [0.25, 0.3) is 11.1 Å². The van der Waals surface area contributed by atoms with Crippen molar-refractivity contribution >= 4 is 5.91 Å². The van der Waals surface area contributed by atoms with Gasteiger partial charge in [0.05, 0.1) is 6.10 Å². The van der Waals surface area contributed by atoms with Crippen LogP contribution in [0.3, 0.4) is 0 Å². The van der Waals surface area contributed by atoms with Crippen LogP contribution in [0.4, 0.5) is 0 Å². The molecule has 0 spiro atoms. The predicted octanol–water partition coefficient (Wildman–Crippen LogP) is 3.18. The molecule has 25 heavy (non-hydrogen) atoms. The molecule has 4 nitrogen and oxygen atoms in total. The number of rotatable bonds is 3. The minimum atomic E-state index is -0.484. The van der Waals surface area contributed by atoms with Gasteiger partial charge >= 0.3 is 0 Å². The molecule has 132 valence electrons. The topological polar surface area (TPSA) is 43.8 Å². The van der Waals surface area contributed by atoms with Crippen LogP contribution in [0.5, 0.6) is 0 Å². The van der Waals surface area contributed by atoms with Gasteiger partial charge in [0.25, 0.3) is 5.91 Å². The van der Waals surface area contributed by atoms with Crippen LogP contribution in [0, 0.1) is 0 Å². The Morgan fingerprint density at radius 1 is 1.00 bits per heavy atom. The van der Waals surface area contributed by atoms with Gasteiger partial charge in [-0.25, -0.2) is 0 Å². The van der Waals surface area contributed by atoms with Gasteiger partial charge in [0, 0.05) is 25.2 Å². The highest BCUT2D eigenvalue weighted by Gasteiger charge is 2.18. The van der Waals surface area contributed by atoms with E-state index in [0.717, 1.165) is 54.9 Å². The van der Waals surface area contributed by atoms with E-state index < -0.39 is 6.10 Å². The summed E-state index contributed by atoms with van der Waals surface area (Å²) in [5.74, 6) is 0.111. The van der Waals surface area contributed by atoms with E-state index in [-0.39, 0.29) is 5.91 Å². The maximum atomic E-state index is 12.7. The maximum Gasteiger partial charge on any atom is 0.253 e. The fourth-order valence-electron chi connectivity index (χ4n) is 3.22. The largest absolute Gasteiger partial charge is 0.389 e. The number of nitrogens with zero attached hydrogens (tertiary/aromatic N) is 2. The molecular weight excluding hydrogens is 312 g/mol. The minimum absolute atomic E-state index is 0.111. The van der Waals surface area contributed by atoms with E-state index in [4.69, 9.17) is 0 Å². The molecule has 2 aromatic rings. The van der Waals surface area contributed by atoms with Gasteiger partial charge in [-0.2, -0.15) is 0 Å². The van der Waals surface area contributed by atoms with Crippen LogP contribution >= 0.6 is 0 Å². The number of aliphatic hydroxyl groups is 1. The first-order valence-electron chi connectivity index (χ1n) is 8.91. The van der Waals surface area contributed by atoms with Crippen LogP contribution in [0.2, 0.25) is 0 Å². The third-order valence-corrected chi connectivity index (χ3v) is 4.84. The molecule has 1 aliphatic rings. The van der Waals surface area contributed by atoms with Crippen molar-refractivity contribution in [3.8, 4) is 11.1 Å². The summed E-state index contributed by atoms with van der Waals surface area (Å²) in [6, 6.07) is 15.7. The van der Waals surface area contributed by atoms with E-state index in [9.17, 15) is 9.90 Å². The van der Waals surface area contributed by atoms with Crippen molar-refractivity contribution in [2.24, 2.45) is 0 Å². The summed E-state index contributed by atoms with van der Waals surface area (Å²) < 4.78 is 0. The number of hydrogen-bond acceptors (Lipinski definition) is 3. The summed E-state index contributed by atoms with van der Waals surface area (Å²) in [6.45, 7) is 5.34. The van der Waals surface area contributed by atoms with Crippen LogP contribution in [0.1, 0.15) is 35.4 Å². The van der Waals surface area contributed by atoms with Gasteiger partial charge in [0.1, 0.15) is 0 Å². The number of hydrogen-bond donors (Lipinski definition) is 1. The Kier molecular flexibility index (Phi) is 5.51. The number of benzene rings is 2. The molecule has 1 saturated heterocycles. The Labute approximate surface area is 149 Å². The zero-order valence-corrected chi connectivity index (χ0v) is 15.0. The molecule has 0 aliphatic carbocycles. The van der Waals surface area contributed by atoms with E-state index in [1.807, 2.05) is 53.4 Å². The Hall–Kier alpha value is -2.17. The molecule has 0 radical (unpaired) electrons. The molecule has 3 rings (SSSR count). The standard InChI is InChI=1S/C21H26N2O2/c1-16(24)19-5-3-6-20(15-19)17-7-9-18(10-8-17)21(25)23-12-4-11-22(2)13-14-23/h3,5-10,15-16,24H,4,11-14H2,1-2H3. The fourth-order valence-corrected chi connectivity index (χ4v) is 3.22. The van der Waals surface area contributed by atoms with Crippen molar-refractivity contribution in [2.45, 2.75) is 19.4 Å². The predicted molar refractivity (Wildman–Crippen MR) is 101 cm³/mol. The third kappa shape index (κ3) is 4.27. The lowest BCUT2D eigenvalue weighted by molar-refractivity contribution is 0.0763. The van der Waals surface area contributed by atoms with E-state index in [2.05, 4.69) is 11.9 Å². The van der Waals surface area contributed by atoms with Crippen molar-refractivity contribution in [3.63, 3.8) is 0 Å². The molecule has 1 amide bonds. The maximum absolute atomic E-state index is 12.7. The Balaban J connectivity index is 1.75. The fraction of sp³-hybridized carbons (Fsp3) is 0.381. The van der Waals surface area contributed by atoms with E-state index >= 15 is 0 Å². The van der Waals surface area contributed by atoms with Crippen LogP contribution < -0.4 is 0 Å². The zero-order chi connectivity index (χ0) is 17.8. The summed E-state index contributed by atoms with van der Waals surface area (Å²) in [5, 5.41) is 9.74. The second kappa shape index (κ2) is 7.81. The molecule has 4 heteroatoms. The van der Waals surface area contributed by atoms with Crippen molar-refractivity contribution in [1.82, 2.24) is 9.80 Å². The highest BCUT2D eigenvalue weighted by molar-refractivity contribution is 5.94. The summed E-state index contributed by atoms with van der Waals surface area (Å²) in [4.78, 5) is 16.9. The monoisotopic (exact) mass is 338 g/mol. The summed E-state index contributed by atoms with van der Waals surface area (Å²) in [5.41, 5.74) is 3.73. The molecular formula is C21H26N2O2. The quantitative estimate of drug-likeness (QED) is 0.935. The number of likely N-dealkylation sites (N-methyl/N-ethyl adjacent to an activating group) is 1. The van der Waals surface area contributed by atoms with Crippen molar-refractivity contribution in [3.05, 3.63) is 59.7 Å². The van der Waals surface area contributed by atoms with Crippen LogP contribution in [0.15, 0.2) is 48.5 Å². The Bertz CT molecular complexity index is 725. The average molecular weight is 338 g/mol. The lowest BCUT2D eigenvalue weighted by Gasteiger charge is -2.20. The molecule has 1 aliphatic heterocycles. The van der Waals surface area contributed by atoms with Gasteiger partial charge in [-0.1, -0.05) is 30.3 Å². The lowest BCUT2D eigenvalue weighted by atomic mass is 10.00. The van der Waals surface area contributed by atoms with Gasteiger partial charge in [-0.15, -0.1) is 0 Å². The number of aliphatic hydroxyl groups excluding tert-OH is 1. The highest BCUT2D eigenvalue weighted by atomic mass is 16.3. The molecule has 1 atom stereocenters. The van der Waals surface area contributed by atoms with Crippen molar-refractivity contribution < 1.29 is 9.90 Å². The van der Waals surface area contributed by atoms with Gasteiger partial charge in [-0.3, -0.25) is 4.79 Å². The average Bonchev–Trinajstić information content (AvgIpc) is 2.86. The zero-order valence-electron chi connectivity index (χ0n) is 15.0. The normalized spacial score (nSPS) is 17.2. The highest BCUT2D eigenvalue weighted by Crippen LogP contribution is 2.24. The first-order valence-corrected chi connectivity index (χ1v) is 8.91. The second-order valence-corrected chi connectivity index (χ2v) is 6.83. The SMILES string of the molecule is CC(O)c1cccc(-c2ccc(C(=O)N3CCCN(C)CC3)cc2)c1. The van der Waals surface area contributed by atoms with Gasteiger partial charge < -0.3 is 14.9 Å². The minimum Gasteiger partial charge on any atom is -0.389 e. The van der Waals surface area contributed by atoms with Gasteiger partial charge in [0.15, 0.2) is 0 Å². The van der Waals surface area contributed by atoms with E-state index in [1.54, 1.807) is 6.92 Å². The third-order valence-electron chi connectivity index (χ3n) is 4.84. The molecule has 0 saturated carbocycles. The van der Waals surface area contributed by atoms with Crippen molar-refractivity contribution in [1.29, 1.82) is 0 Å². The first kappa shape index (κ1) is 17.6. The molecule has 1 N–H and O–H groups in total.